The van der Waals surface area contributed by atoms with Crippen molar-refractivity contribution in [2.45, 2.75) is 20.5 Å². The van der Waals surface area contributed by atoms with Crippen molar-refractivity contribution in [3.05, 3.63) is 82.2 Å². The molecule has 6 nitrogen and oxygen atoms in total. The first-order chi connectivity index (χ1) is 13.8. The van der Waals surface area contributed by atoms with Crippen LogP contribution in [0.3, 0.4) is 0 Å². The van der Waals surface area contributed by atoms with Gasteiger partial charge in [0.2, 0.25) is 5.78 Å². The number of hydrogen-bond donors (Lipinski definition) is 0. The van der Waals surface area contributed by atoms with Crippen molar-refractivity contribution in [1.82, 2.24) is 5.16 Å². The molecule has 8 heteroatoms. The molecule has 0 aliphatic rings. The van der Waals surface area contributed by atoms with Crippen molar-refractivity contribution in [3.63, 3.8) is 0 Å². The summed E-state index contributed by atoms with van der Waals surface area (Å²) in [5.41, 5.74) is 1.29. The van der Waals surface area contributed by atoms with Gasteiger partial charge in [-0.25, -0.2) is 13.6 Å². The van der Waals surface area contributed by atoms with Crippen molar-refractivity contribution in [2.75, 3.05) is 6.61 Å². The fourth-order valence-corrected chi connectivity index (χ4v) is 2.55. The van der Waals surface area contributed by atoms with Crippen molar-refractivity contribution in [2.24, 2.45) is 0 Å². The lowest BCUT2D eigenvalue weighted by Gasteiger charge is -2.08. The smallest absolute Gasteiger partial charge is 0.338 e. The summed E-state index contributed by atoms with van der Waals surface area (Å²) < 4.78 is 42.3. The first-order valence-electron chi connectivity index (χ1n) is 8.65. The van der Waals surface area contributed by atoms with Crippen LogP contribution in [0.4, 0.5) is 8.78 Å². The van der Waals surface area contributed by atoms with Gasteiger partial charge in [0.25, 0.3) is 0 Å². The molecule has 0 N–H and O–H groups in total. The van der Waals surface area contributed by atoms with Crippen molar-refractivity contribution in [1.29, 1.82) is 0 Å². The van der Waals surface area contributed by atoms with Crippen LogP contribution in [0.2, 0.25) is 0 Å². The summed E-state index contributed by atoms with van der Waals surface area (Å²) in [5.74, 6) is -2.07. The van der Waals surface area contributed by atoms with E-state index in [2.05, 4.69) is 5.16 Å². The van der Waals surface area contributed by atoms with E-state index in [-0.39, 0.29) is 12.2 Å². The van der Waals surface area contributed by atoms with Gasteiger partial charge in [-0.2, -0.15) is 0 Å². The van der Waals surface area contributed by atoms with Gasteiger partial charge in [-0.15, -0.1) is 0 Å². The van der Waals surface area contributed by atoms with Crippen LogP contribution in [0.1, 0.15) is 37.7 Å². The minimum absolute atomic E-state index is 0.183. The maximum absolute atomic E-state index is 13.6. The number of hydrogen-bond acceptors (Lipinski definition) is 6. The molecule has 0 unspecified atom stereocenters. The molecule has 0 aliphatic heterocycles. The summed E-state index contributed by atoms with van der Waals surface area (Å²) in [4.78, 5) is 24.0. The first kappa shape index (κ1) is 20.2. The number of carbonyl (C=O) groups excluding carboxylic acids is 2. The van der Waals surface area contributed by atoms with Gasteiger partial charge in [-0.05, 0) is 56.3 Å². The Balaban J connectivity index is 1.56. The number of aryl methyl sites for hydroxylation is 2. The Kier molecular flexibility index (Phi) is 6.01. The van der Waals surface area contributed by atoms with E-state index in [0.29, 0.717) is 11.5 Å². The van der Waals surface area contributed by atoms with E-state index in [1.807, 2.05) is 6.92 Å². The molecule has 3 rings (SSSR count). The zero-order chi connectivity index (χ0) is 21.0. The van der Waals surface area contributed by atoms with Gasteiger partial charge in [-0.3, -0.25) is 4.79 Å². The molecule has 0 aliphatic carbocycles. The van der Waals surface area contributed by atoms with Gasteiger partial charge in [0.1, 0.15) is 29.8 Å². The lowest BCUT2D eigenvalue weighted by molar-refractivity contribution is 0.0473. The normalized spacial score (nSPS) is 10.6. The van der Waals surface area contributed by atoms with Crippen LogP contribution in [0.15, 0.2) is 47.0 Å². The Hall–Kier alpha value is -3.55. The molecule has 0 saturated heterocycles. The highest BCUT2D eigenvalue weighted by molar-refractivity contribution is 5.99. The second-order valence-corrected chi connectivity index (χ2v) is 6.24. The predicted octanol–water partition coefficient (Wildman–Crippen LogP) is 4.19. The minimum Gasteiger partial charge on any atom is -0.489 e. The largest absolute Gasteiger partial charge is 0.489 e. The Morgan fingerprint density at radius 3 is 2.45 bits per heavy atom. The zero-order valence-electron chi connectivity index (χ0n) is 15.7. The predicted molar refractivity (Wildman–Crippen MR) is 97.7 cm³/mol. The number of rotatable bonds is 7. The number of carbonyl (C=O) groups is 2. The molecule has 0 fully saturated rings. The topological polar surface area (TPSA) is 78.6 Å². The van der Waals surface area contributed by atoms with Crippen LogP contribution in [-0.2, 0) is 11.3 Å². The molecule has 150 valence electrons. The number of aromatic nitrogens is 1. The lowest BCUT2D eigenvalue weighted by atomic mass is 10.1. The van der Waals surface area contributed by atoms with Crippen molar-refractivity contribution < 1.29 is 32.4 Å². The van der Waals surface area contributed by atoms with Crippen LogP contribution in [0.25, 0.3) is 0 Å². The molecule has 0 radical (unpaired) electrons. The molecule has 2 aromatic carbocycles. The summed E-state index contributed by atoms with van der Waals surface area (Å²) in [6.07, 6.45) is 0. The third kappa shape index (κ3) is 4.84. The second kappa shape index (κ2) is 8.64. The first-order valence-corrected chi connectivity index (χ1v) is 8.65. The van der Waals surface area contributed by atoms with E-state index >= 15 is 0 Å². The average molecular weight is 401 g/mol. The average Bonchev–Trinajstić information content (AvgIpc) is 3.04. The molecule has 29 heavy (non-hydrogen) atoms. The number of ketones is 1. The molecule has 1 aromatic heterocycles. The van der Waals surface area contributed by atoms with Crippen molar-refractivity contribution >= 4 is 11.8 Å². The van der Waals surface area contributed by atoms with Crippen LogP contribution in [-0.4, -0.2) is 23.5 Å². The summed E-state index contributed by atoms with van der Waals surface area (Å²) >= 11 is 0. The maximum Gasteiger partial charge on any atom is 0.338 e. The monoisotopic (exact) mass is 401 g/mol. The molecule has 3 aromatic rings. The maximum atomic E-state index is 13.6. The van der Waals surface area contributed by atoms with Gasteiger partial charge in [0, 0.05) is 0 Å². The Bertz CT molecular complexity index is 1020. The summed E-state index contributed by atoms with van der Waals surface area (Å²) in [5, 5.41) is 3.84. The van der Waals surface area contributed by atoms with Gasteiger partial charge in [0.05, 0.1) is 22.4 Å². The van der Waals surface area contributed by atoms with Gasteiger partial charge < -0.3 is 14.0 Å². The second-order valence-electron chi connectivity index (χ2n) is 6.24. The quantitative estimate of drug-likeness (QED) is 0.436. The Labute approximate surface area is 165 Å². The highest BCUT2D eigenvalue weighted by atomic mass is 19.1. The molecular formula is C21H17F2NO5. The zero-order valence-corrected chi connectivity index (χ0v) is 15.7. The molecule has 1 heterocycles. The summed E-state index contributed by atoms with van der Waals surface area (Å²) in [6.45, 7) is 3.15. The van der Waals surface area contributed by atoms with Gasteiger partial charge in [-0.1, -0.05) is 5.16 Å². The Morgan fingerprint density at radius 1 is 1.07 bits per heavy atom. The molecule has 0 bridgehead atoms. The minimum atomic E-state index is -0.882. The number of benzene rings is 2. The fraction of sp³-hybridized carbons (Fsp3) is 0.190. The van der Waals surface area contributed by atoms with E-state index in [1.54, 1.807) is 19.1 Å². The number of nitrogens with zero attached hydrogens (tertiary/aromatic N) is 1. The highest BCUT2D eigenvalue weighted by Gasteiger charge is 2.16. The standard InChI is InChI=1S/C21H17F2NO5/c1-12-18(13(2)29-24-12)10-27-16-6-3-14(4-7-16)21(26)28-11-20(25)17-9-15(22)5-8-19(17)23/h3-9H,10-11H2,1-2H3. The molecule has 0 amide bonds. The summed E-state index contributed by atoms with van der Waals surface area (Å²) in [7, 11) is 0. The SMILES string of the molecule is Cc1noc(C)c1COc1ccc(C(=O)OCC(=O)c2cc(F)ccc2F)cc1. The summed E-state index contributed by atoms with van der Waals surface area (Å²) in [6, 6.07) is 8.58. The third-order valence-corrected chi connectivity index (χ3v) is 4.22. The fourth-order valence-electron chi connectivity index (χ4n) is 2.55. The van der Waals surface area contributed by atoms with Crippen molar-refractivity contribution in [3.8, 4) is 5.75 Å². The van der Waals surface area contributed by atoms with E-state index in [4.69, 9.17) is 14.0 Å². The number of halogens is 2. The van der Waals surface area contributed by atoms with E-state index in [1.165, 1.54) is 12.1 Å². The molecule has 0 spiro atoms. The lowest BCUT2D eigenvalue weighted by Crippen LogP contribution is -2.15. The van der Waals surface area contributed by atoms with E-state index in [0.717, 1.165) is 29.5 Å². The van der Waals surface area contributed by atoms with Crippen LogP contribution < -0.4 is 4.74 Å². The number of ether oxygens (including phenoxy) is 2. The third-order valence-electron chi connectivity index (χ3n) is 4.22. The molecule has 0 atom stereocenters. The Morgan fingerprint density at radius 2 is 1.79 bits per heavy atom. The van der Waals surface area contributed by atoms with Gasteiger partial charge >= 0.3 is 5.97 Å². The number of esters is 1. The highest BCUT2D eigenvalue weighted by Crippen LogP contribution is 2.18. The number of Topliss-reactive ketones (excluding diaryl/α,β-unsaturated/α-hetero) is 1. The van der Waals surface area contributed by atoms with E-state index in [9.17, 15) is 18.4 Å². The van der Waals surface area contributed by atoms with Gasteiger partial charge in [0.15, 0.2) is 6.61 Å². The van der Waals surface area contributed by atoms with Crippen LogP contribution >= 0.6 is 0 Å². The van der Waals surface area contributed by atoms with E-state index < -0.39 is 35.6 Å². The molecule has 0 saturated carbocycles. The van der Waals surface area contributed by atoms with Crippen LogP contribution in [0.5, 0.6) is 5.75 Å². The molecular weight excluding hydrogens is 384 g/mol. The van der Waals surface area contributed by atoms with Crippen LogP contribution in [0, 0.1) is 25.5 Å².